The minimum absolute atomic E-state index is 0.0190. The molecule has 0 radical (unpaired) electrons. The fraction of sp³-hybridized carbons (Fsp3) is 0.467. The molecule has 1 aromatic rings. The lowest BCUT2D eigenvalue weighted by Gasteiger charge is -2.12. The van der Waals surface area contributed by atoms with Crippen molar-refractivity contribution in [2.75, 3.05) is 6.26 Å². The van der Waals surface area contributed by atoms with Gasteiger partial charge in [0, 0.05) is 17.4 Å². The molecule has 5 heteroatoms. The van der Waals surface area contributed by atoms with Crippen molar-refractivity contribution < 1.29 is 14.7 Å². The van der Waals surface area contributed by atoms with Crippen molar-refractivity contribution in [1.29, 1.82) is 0 Å². The second-order valence-electron chi connectivity index (χ2n) is 5.15. The Labute approximate surface area is 123 Å². The molecule has 108 valence electrons. The number of nitrogens with one attached hydrogen (secondary N) is 1. The summed E-state index contributed by atoms with van der Waals surface area (Å²) in [5, 5.41) is 11.9. The van der Waals surface area contributed by atoms with Gasteiger partial charge in [-0.05, 0) is 43.2 Å². The number of carboxylic acids is 1. The Morgan fingerprint density at radius 3 is 2.55 bits per heavy atom. The molecule has 0 aliphatic heterocycles. The van der Waals surface area contributed by atoms with E-state index in [-0.39, 0.29) is 17.9 Å². The number of hydrogen-bond donors (Lipinski definition) is 2. The molecule has 2 rings (SSSR count). The van der Waals surface area contributed by atoms with Crippen molar-refractivity contribution >= 4 is 23.6 Å². The molecule has 1 aliphatic carbocycles. The maximum absolute atomic E-state index is 12.1. The van der Waals surface area contributed by atoms with E-state index >= 15 is 0 Å². The van der Waals surface area contributed by atoms with Gasteiger partial charge in [-0.2, -0.15) is 11.8 Å². The van der Waals surface area contributed by atoms with E-state index < -0.39 is 5.97 Å². The first-order chi connectivity index (χ1) is 9.60. The monoisotopic (exact) mass is 293 g/mol. The topological polar surface area (TPSA) is 66.4 Å². The second-order valence-corrected chi connectivity index (χ2v) is 6.01. The van der Waals surface area contributed by atoms with Gasteiger partial charge in [-0.15, -0.1) is 0 Å². The van der Waals surface area contributed by atoms with E-state index in [1.54, 1.807) is 11.8 Å². The highest BCUT2D eigenvalue weighted by Crippen LogP contribution is 2.25. The Kier molecular flexibility index (Phi) is 5.06. The van der Waals surface area contributed by atoms with Crippen LogP contribution in [0.25, 0.3) is 0 Å². The van der Waals surface area contributed by atoms with Gasteiger partial charge < -0.3 is 10.4 Å². The average molecular weight is 293 g/mol. The molecular weight excluding hydrogens is 274 g/mol. The average Bonchev–Trinajstić information content (AvgIpc) is 2.88. The van der Waals surface area contributed by atoms with Crippen LogP contribution in [0.5, 0.6) is 0 Å². The Bertz CT molecular complexity index is 486. The Morgan fingerprint density at radius 1 is 1.30 bits per heavy atom. The van der Waals surface area contributed by atoms with Crippen LogP contribution >= 0.6 is 11.8 Å². The summed E-state index contributed by atoms with van der Waals surface area (Å²) >= 11 is 1.74. The predicted octanol–water partition coefficient (Wildman–Crippen LogP) is 2.53. The summed E-state index contributed by atoms with van der Waals surface area (Å²) < 4.78 is 0. The number of carbonyl (C=O) groups excluding carboxylic acids is 1. The summed E-state index contributed by atoms with van der Waals surface area (Å²) in [5.74, 6) is -0.255. The standard InChI is InChI=1S/C15H19NO3S/c1-20-9-10-2-4-11(5-3-10)14(17)16-13-7-6-12(8-13)15(18)19/h2-5,12-13H,6-9H2,1H3,(H,16,17)(H,18,19). The summed E-state index contributed by atoms with van der Waals surface area (Å²) in [6.45, 7) is 0. The molecule has 20 heavy (non-hydrogen) atoms. The predicted molar refractivity (Wildman–Crippen MR) is 79.9 cm³/mol. The van der Waals surface area contributed by atoms with Crippen LogP contribution in [-0.2, 0) is 10.5 Å². The van der Waals surface area contributed by atoms with E-state index in [1.807, 2.05) is 30.5 Å². The third-order valence-electron chi connectivity index (χ3n) is 3.64. The SMILES string of the molecule is CSCc1ccc(C(=O)NC2CCC(C(=O)O)C2)cc1. The van der Waals surface area contributed by atoms with Gasteiger partial charge >= 0.3 is 5.97 Å². The third kappa shape index (κ3) is 3.76. The first-order valence-corrected chi connectivity index (χ1v) is 8.11. The van der Waals surface area contributed by atoms with E-state index in [9.17, 15) is 9.59 Å². The molecule has 2 N–H and O–H groups in total. The summed E-state index contributed by atoms with van der Waals surface area (Å²) in [6.07, 6.45) is 3.96. The molecule has 1 amide bonds. The third-order valence-corrected chi connectivity index (χ3v) is 4.27. The van der Waals surface area contributed by atoms with Crippen LogP contribution in [0.3, 0.4) is 0 Å². The summed E-state index contributed by atoms with van der Waals surface area (Å²) in [5.41, 5.74) is 1.83. The number of benzene rings is 1. The number of hydrogen-bond acceptors (Lipinski definition) is 3. The molecule has 1 saturated carbocycles. The zero-order chi connectivity index (χ0) is 14.5. The highest BCUT2D eigenvalue weighted by atomic mass is 32.2. The highest BCUT2D eigenvalue weighted by molar-refractivity contribution is 7.97. The molecule has 0 bridgehead atoms. The first-order valence-electron chi connectivity index (χ1n) is 6.71. The molecule has 0 saturated heterocycles. The van der Waals surface area contributed by atoms with Crippen molar-refractivity contribution in [2.24, 2.45) is 5.92 Å². The van der Waals surface area contributed by atoms with Gasteiger partial charge in [0.15, 0.2) is 0 Å². The van der Waals surface area contributed by atoms with Gasteiger partial charge in [0.2, 0.25) is 0 Å². The van der Waals surface area contributed by atoms with Crippen LogP contribution in [0.15, 0.2) is 24.3 Å². The van der Waals surface area contributed by atoms with Gasteiger partial charge in [0.1, 0.15) is 0 Å². The molecule has 4 nitrogen and oxygen atoms in total. The maximum Gasteiger partial charge on any atom is 0.306 e. The molecule has 1 aromatic carbocycles. The van der Waals surface area contributed by atoms with Crippen molar-refractivity contribution in [1.82, 2.24) is 5.32 Å². The fourth-order valence-corrected chi connectivity index (χ4v) is 3.05. The Morgan fingerprint density at radius 2 is 2.00 bits per heavy atom. The molecule has 1 aliphatic rings. The zero-order valence-electron chi connectivity index (χ0n) is 11.5. The number of aliphatic carboxylic acids is 1. The minimum atomic E-state index is -0.761. The van der Waals surface area contributed by atoms with Crippen molar-refractivity contribution in [3.63, 3.8) is 0 Å². The number of rotatable bonds is 5. The molecule has 2 atom stereocenters. The van der Waals surface area contributed by atoms with E-state index in [2.05, 4.69) is 5.32 Å². The number of carboxylic acid groups (broad SMARTS) is 1. The van der Waals surface area contributed by atoms with Crippen LogP contribution in [0.1, 0.15) is 35.2 Å². The molecule has 0 heterocycles. The van der Waals surface area contributed by atoms with Crippen LogP contribution in [-0.4, -0.2) is 29.3 Å². The van der Waals surface area contributed by atoms with E-state index in [1.165, 1.54) is 5.56 Å². The van der Waals surface area contributed by atoms with E-state index in [4.69, 9.17) is 5.11 Å². The molecular formula is C15H19NO3S. The largest absolute Gasteiger partial charge is 0.481 e. The molecule has 0 spiro atoms. The minimum Gasteiger partial charge on any atom is -0.481 e. The number of amides is 1. The summed E-state index contributed by atoms with van der Waals surface area (Å²) in [7, 11) is 0. The molecule has 0 aromatic heterocycles. The van der Waals surface area contributed by atoms with Crippen LogP contribution in [0, 0.1) is 5.92 Å². The normalized spacial score (nSPS) is 21.6. The van der Waals surface area contributed by atoms with E-state index in [0.717, 1.165) is 12.2 Å². The van der Waals surface area contributed by atoms with E-state index in [0.29, 0.717) is 18.4 Å². The van der Waals surface area contributed by atoms with Crippen LogP contribution in [0.4, 0.5) is 0 Å². The molecule has 2 unspecified atom stereocenters. The van der Waals surface area contributed by atoms with Gasteiger partial charge in [0.25, 0.3) is 5.91 Å². The van der Waals surface area contributed by atoms with Crippen LogP contribution < -0.4 is 5.32 Å². The van der Waals surface area contributed by atoms with Crippen molar-refractivity contribution in [3.05, 3.63) is 35.4 Å². The lowest BCUT2D eigenvalue weighted by Crippen LogP contribution is -2.33. The first kappa shape index (κ1) is 14.9. The molecule has 1 fully saturated rings. The quantitative estimate of drug-likeness (QED) is 0.875. The summed E-state index contributed by atoms with van der Waals surface area (Å²) in [6, 6.07) is 7.55. The highest BCUT2D eigenvalue weighted by Gasteiger charge is 2.30. The number of carbonyl (C=O) groups is 2. The maximum atomic E-state index is 12.1. The lowest BCUT2D eigenvalue weighted by molar-refractivity contribution is -0.141. The van der Waals surface area contributed by atoms with Crippen molar-refractivity contribution in [2.45, 2.75) is 31.1 Å². The smallest absolute Gasteiger partial charge is 0.306 e. The summed E-state index contributed by atoms with van der Waals surface area (Å²) in [4.78, 5) is 23.0. The zero-order valence-corrected chi connectivity index (χ0v) is 12.3. The number of thioether (sulfide) groups is 1. The Hall–Kier alpha value is -1.49. The van der Waals surface area contributed by atoms with Crippen molar-refractivity contribution in [3.8, 4) is 0 Å². The van der Waals surface area contributed by atoms with Gasteiger partial charge in [-0.3, -0.25) is 9.59 Å². The lowest BCUT2D eigenvalue weighted by atomic mass is 10.1. The van der Waals surface area contributed by atoms with Gasteiger partial charge in [-0.25, -0.2) is 0 Å². The van der Waals surface area contributed by atoms with Gasteiger partial charge in [0.05, 0.1) is 5.92 Å². The Balaban J connectivity index is 1.90. The fourth-order valence-electron chi connectivity index (χ4n) is 2.52. The van der Waals surface area contributed by atoms with Gasteiger partial charge in [-0.1, -0.05) is 12.1 Å². The second kappa shape index (κ2) is 6.79. The van der Waals surface area contributed by atoms with Crippen LogP contribution in [0.2, 0.25) is 0 Å².